The number of thioether (sulfide) groups is 1. The van der Waals surface area contributed by atoms with Gasteiger partial charge in [0.1, 0.15) is 0 Å². The van der Waals surface area contributed by atoms with Gasteiger partial charge in [0.25, 0.3) is 0 Å². The fraction of sp³-hybridized carbons (Fsp3) is 0.133. The van der Waals surface area contributed by atoms with Gasteiger partial charge in [0.05, 0.1) is 11.6 Å². The van der Waals surface area contributed by atoms with Crippen LogP contribution in [0, 0.1) is 11.8 Å². The van der Waals surface area contributed by atoms with E-state index in [4.69, 9.17) is 5.73 Å². The highest BCUT2D eigenvalue weighted by atomic mass is 79.9. The summed E-state index contributed by atoms with van der Waals surface area (Å²) in [5.41, 5.74) is 7.60. The number of benzene rings is 1. The number of nitrogens with zero attached hydrogens (tertiary/aromatic N) is 1. The summed E-state index contributed by atoms with van der Waals surface area (Å²) in [5.74, 6) is 6.76. The Morgan fingerprint density at radius 3 is 2.58 bits per heavy atom. The Balaban J connectivity index is 1.94. The van der Waals surface area contributed by atoms with Gasteiger partial charge in [-0.3, -0.25) is 0 Å². The lowest BCUT2D eigenvalue weighted by Gasteiger charge is -2.01. The van der Waals surface area contributed by atoms with E-state index in [9.17, 15) is 0 Å². The molecule has 0 unspecified atom stereocenters. The first-order valence-corrected chi connectivity index (χ1v) is 7.58. The average molecular weight is 333 g/mol. The molecule has 96 valence electrons. The maximum absolute atomic E-state index is 5.34. The summed E-state index contributed by atoms with van der Waals surface area (Å²) in [6, 6.07) is 12.2. The Kier molecular flexibility index (Phi) is 5.46. The molecule has 0 spiro atoms. The van der Waals surface area contributed by atoms with E-state index in [0.717, 1.165) is 20.8 Å². The maximum atomic E-state index is 5.34. The highest BCUT2D eigenvalue weighted by molar-refractivity contribution is 9.10. The molecule has 0 bridgehead atoms. The summed E-state index contributed by atoms with van der Waals surface area (Å²) < 4.78 is 1.000. The van der Waals surface area contributed by atoms with Crippen LogP contribution < -0.4 is 5.73 Å². The smallest absolute Gasteiger partial charge is 0.0963 e. The third-order valence-electron chi connectivity index (χ3n) is 2.38. The van der Waals surface area contributed by atoms with Crippen LogP contribution in [0.25, 0.3) is 0 Å². The Hall–Kier alpha value is -1.28. The van der Waals surface area contributed by atoms with E-state index in [2.05, 4.69) is 44.9 Å². The summed E-state index contributed by atoms with van der Waals surface area (Å²) >= 11 is 5.09. The molecular formula is C15H13BrN2S. The predicted molar refractivity (Wildman–Crippen MR) is 83.9 cm³/mol. The molecule has 0 fully saturated rings. The van der Waals surface area contributed by atoms with Crippen molar-refractivity contribution < 1.29 is 0 Å². The zero-order chi connectivity index (χ0) is 13.5. The molecule has 2 N–H and O–H groups in total. The van der Waals surface area contributed by atoms with Crippen molar-refractivity contribution in [2.45, 2.75) is 10.8 Å². The molecule has 19 heavy (non-hydrogen) atoms. The number of nitrogens with two attached hydrogens (primary N) is 1. The Morgan fingerprint density at radius 2 is 1.95 bits per heavy atom. The molecule has 0 atom stereocenters. The third kappa shape index (κ3) is 4.71. The molecule has 0 saturated carbocycles. The summed E-state index contributed by atoms with van der Waals surface area (Å²) in [4.78, 5) is 4.33. The van der Waals surface area contributed by atoms with Crippen LogP contribution in [0.5, 0.6) is 0 Å². The summed E-state index contributed by atoms with van der Waals surface area (Å²) in [7, 11) is 0. The molecule has 1 aromatic carbocycles. The lowest BCUT2D eigenvalue weighted by Crippen LogP contribution is -1.93. The van der Waals surface area contributed by atoms with Gasteiger partial charge in [-0.05, 0) is 45.8 Å². The van der Waals surface area contributed by atoms with E-state index >= 15 is 0 Å². The normalized spacial score (nSPS) is 9.79. The lowest BCUT2D eigenvalue weighted by atomic mass is 10.1. The number of hydrogen-bond acceptors (Lipinski definition) is 3. The zero-order valence-electron chi connectivity index (χ0n) is 10.3. The standard InChI is InChI=1S/C15H13BrN2S/c16-14-7-8-15(18-10-14)19-11-13-5-3-12(4-6-13)2-1-9-17/h3-8,10H,9,11,17H2. The fourth-order valence-electron chi connectivity index (χ4n) is 1.44. The van der Waals surface area contributed by atoms with Crippen molar-refractivity contribution in [2.24, 2.45) is 5.73 Å². The molecule has 2 nitrogen and oxygen atoms in total. The second-order valence-electron chi connectivity index (χ2n) is 3.81. The largest absolute Gasteiger partial charge is 0.320 e. The number of hydrogen-bond donors (Lipinski definition) is 1. The molecule has 1 heterocycles. The molecule has 2 rings (SSSR count). The van der Waals surface area contributed by atoms with Crippen molar-refractivity contribution in [1.82, 2.24) is 4.98 Å². The van der Waals surface area contributed by atoms with E-state index in [1.807, 2.05) is 30.5 Å². The third-order valence-corrected chi connectivity index (χ3v) is 3.86. The highest BCUT2D eigenvalue weighted by Crippen LogP contribution is 2.22. The van der Waals surface area contributed by atoms with Crippen LogP contribution in [0.3, 0.4) is 0 Å². The van der Waals surface area contributed by atoms with Gasteiger partial charge in [0.2, 0.25) is 0 Å². The highest BCUT2D eigenvalue weighted by Gasteiger charge is 1.98. The van der Waals surface area contributed by atoms with E-state index in [-0.39, 0.29) is 0 Å². The van der Waals surface area contributed by atoms with Crippen LogP contribution in [-0.2, 0) is 5.75 Å². The van der Waals surface area contributed by atoms with Gasteiger partial charge < -0.3 is 5.73 Å². The molecule has 2 aromatic rings. The fourth-order valence-corrected chi connectivity index (χ4v) is 2.48. The number of rotatable bonds is 3. The Morgan fingerprint density at radius 1 is 1.16 bits per heavy atom. The zero-order valence-corrected chi connectivity index (χ0v) is 12.7. The number of pyridine rings is 1. The van der Waals surface area contributed by atoms with E-state index in [1.165, 1.54) is 5.56 Å². The summed E-state index contributed by atoms with van der Waals surface area (Å²) in [6.45, 7) is 0.396. The Labute approximate surface area is 125 Å². The van der Waals surface area contributed by atoms with Crippen molar-refractivity contribution in [1.29, 1.82) is 0 Å². The van der Waals surface area contributed by atoms with Gasteiger partial charge in [-0.1, -0.05) is 24.0 Å². The van der Waals surface area contributed by atoms with Crippen LogP contribution in [0.2, 0.25) is 0 Å². The van der Waals surface area contributed by atoms with Crippen LogP contribution >= 0.6 is 27.7 Å². The predicted octanol–water partition coefficient (Wildman–Crippen LogP) is 3.45. The van der Waals surface area contributed by atoms with Gasteiger partial charge in [-0.25, -0.2) is 4.98 Å². The van der Waals surface area contributed by atoms with E-state index in [1.54, 1.807) is 11.8 Å². The van der Waals surface area contributed by atoms with Crippen molar-refractivity contribution >= 4 is 27.7 Å². The average Bonchev–Trinajstić information content (AvgIpc) is 2.46. The quantitative estimate of drug-likeness (QED) is 0.691. The SMILES string of the molecule is NCC#Cc1ccc(CSc2ccc(Br)cn2)cc1. The summed E-state index contributed by atoms with van der Waals surface area (Å²) in [6.07, 6.45) is 1.81. The molecule has 0 aliphatic rings. The van der Waals surface area contributed by atoms with Crippen LogP contribution in [-0.4, -0.2) is 11.5 Å². The molecular weight excluding hydrogens is 320 g/mol. The number of aromatic nitrogens is 1. The van der Waals surface area contributed by atoms with Gasteiger partial charge in [-0.2, -0.15) is 0 Å². The topological polar surface area (TPSA) is 38.9 Å². The number of halogens is 1. The monoisotopic (exact) mass is 332 g/mol. The first kappa shape index (κ1) is 14.1. The van der Waals surface area contributed by atoms with Crippen molar-refractivity contribution in [2.75, 3.05) is 6.54 Å². The summed E-state index contributed by atoms with van der Waals surface area (Å²) in [5, 5.41) is 1.02. The van der Waals surface area contributed by atoms with E-state index < -0.39 is 0 Å². The molecule has 0 aliphatic carbocycles. The molecule has 0 saturated heterocycles. The van der Waals surface area contributed by atoms with Crippen LogP contribution in [0.1, 0.15) is 11.1 Å². The minimum absolute atomic E-state index is 0.396. The van der Waals surface area contributed by atoms with Crippen LogP contribution in [0.15, 0.2) is 52.1 Å². The van der Waals surface area contributed by atoms with Crippen molar-refractivity contribution in [3.05, 3.63) is 58.2 Å². The Bertz CT molecular complexity index is 582. The molecule has 4 heteroatoms. The van der Waals surface area contributed by atoms with Gasteiger partial charge >= 0.3 is 0 Å². The first-order valence-electron chi connectivity index (χ1n) is 5.80. The van der Waals surface area contributed by atoms with Crippen LogP contribution in [0.4, 0.5) is 0 Å². The van der Waals surface area contributed by atoms with Gasteiger partial charge in [0.15, 0.2) is 0 Å². The molecule has 1 aromatic heterocycles. The molecule has 0 amide bonds. The first-order chi connectivity index (χ1) is 9.28. The lowest BCUT2D eigenvalue weighted by molar-refractivity contribution is 1.12. The minimum atomic E-state index is 0.396. The minimum Gasteiger partial charge on any atom is -0.320 e. The van der Waals surface area contributed by atoms with Gasteiger partial charge in [-0.15, -0.1) is 11.8 Å². The van der Waals surface area contributed by atoms with Crippen molar-refractivity contribution in [3.63, 3.8) is 0 Å². The molecule has 0 aliphatic heterocycles. The van der Waals surface area contributed by atoms with E-state index in [0.29, 0.717) is 6.54 Å². The second kappa shape index (κ2) is 7.34. The van der Waals surface area contributed by atoms with Gasteiger partial charge in [0, 0.05) is 22.0 Å². The maximum Gasteiger partial charge on any atom is 0.0963 e. The second-order valence-corrected chi connectivity index (χ2v) is 5.72. The molecule has 0 radical (unpaired) electrons. The van der Waals surface area contributed by atoms with Crippen molar-refractivity contribution in [3.8, 4) is 11.8 Å².